The first-order valence-corrected chi connectivity index (χ1v) is 9.08. The van der Waals surface area contributed by atoms with Gasteiger partial charge >= 0.3 is 0 Å². The van der Waals surface area contributed by atoms with Gasteiger partial charge in [0.2, 0.25) is 11.8 Å². The molecule has 2 N–H and O–H groups in total. The third-order valence-corrected chi connectivity index (χ3v) is 4.69. The summed E-state index contributed by atoms with van der Waals surface area (Å²) in [5.74, 6) is -0.461. The fourth-order valence-corrected chi connectivity index (χ4v) is 3.10. The van der Waals surface area contributed by atoms with Crippen molar-refractivity contribution >= 4 is 17.5 Å². The number of nitrogens with zero attached hydrogens (tertiary/aromatic N) is 1. The van der Waals surface area contributed by atoms with Crippen molar-refractivity contribution in [3.05, 3.63) is 65.5 Å². The summed E-state index contributed by atoms with van der Waals surface area (Å²) in [5.41, 5.74) is 2.27. The predicted molar refractivity (Wildman–Crippen MR) is 101 cm³/mol. The van der Waals surface area contributed by atoms with Crippen LogP contribution in [0.3, 0.4) is 0 Å². The van der Waals surface area contributed by atoms with Gasteiger partial charge in [-0.15, -0.1) is 0 Å². The minimum absolute atomic E-state index is 0.0509. The molecule has 1 fully saturated rings. The first-order chi connectivity index (χ1) is 13.0. The van der Waals surface area contributed by atoms with E-state index in [1.165, 1.54) is 12.1 Å². The maximum absolute atomic E-state index is 12.9. The summed E-state index contributed by atoms with van der Waals surface area (Å²) in [5, 5.41) is 12.3. The number of rotatable bonds is 5. The molecule has 1 heterocycles. The highest BCUT2D eigenvalue weighted by Crippen LogP contribution is 2.15. The van der Waals surface area contributed by atoms with Gasteiger partial charge in [-0.05, 0) is 48.2 Å². The number of hydrogen-bond acceptors (Lipinski definition) is 3. The monoisotopic (exact) mass is 370 g/mol. The van der Waals surface area contributed by atoms with Crippen molar-refractivity contribution in [3.63, 3.8) is 0 Å². The van der Waals surface area contributed by atoms with Crippen molar-refractivity contribution in [1.82, 2.24) is 4.90 Å². The summed E-state index contributed by atoms with van der Waals surface area (Å²) >= 11 is 0. The van der Waals surface area contributed by atoms with E-state index in [0.29, 0.717) is 38.0 Å². The molecule has 0 radical (unpaired) electrons. The molecule has 0 saturated carbocycles. The topological polar surface area (TPSA) is 69.6 Å². The zero-order valence-corrected chi connectivity index (χ0v) is 15.0. The molecule has 6 heteroatoms. The van der Waals surface area contributed by atoms with E-state index >= 15 is 0 Å². The molecular formula is C21H23FN2O3. The van der Waals surface area contributed by atoms with Crippen LogP contribution in [0.15, 0.2) is 48.5 Å². The first kappa shape index (κ1) is 19.0. The van der Waals surface area contributed by atoms with Crippen LogP contribution in [0.2, 0.25) is 0 Å². The van der Waals surface area contributed by atoms with Gasteiger partial charge in [0.05, 0.1) is 18.9 Å². The van der Waals surface area contributed by atoms with Crippen LogP contribution in [0.5, 0.6) is 0 Å². The largest absolute Gasteiger partial charge is 0.393 e. The summed E-state index contributed by atoms with van der Waals surface area (Å²) in [4.78, 5) is 26.2. The number of anilines is 1. The predicted octanol–water partition coefficient (Wildman–Crippen LogP) is 2.53. The fraction of sp³-hybridized carbons (Fsp3) is 0.333. The standard InChI is InChI=1S/C21H23FN2O3/c22-17-5-1-15(2-6-17)13-20(26)23-18-7-3-16(4-8-18)14-21(27)24-11-9-19(25)10-12-24/h1-8,19,25H,9-14H2,(H,23,26). The van der Waals surface area contributed by atoms with Crippen LogP contribution >= 0.6 is 0 Å². The average Bonchev–Trinajstić information content (AvgIpc) is 2.66. The molecule has 5 nitrogen and oxygen atoms in total. The van der Waals surface area contributed by atoms with Gasteiger partial charge in [0.25, 0.3) is 0 Å². The molecule has 0 spiro atoms. The molecule has 2 aromatic rings. The maximum Gasteiger partial charge on any atom is 0.228 e. The third kappa shape index (κ3) is 5.62. The van der Waals surface area contributed by atoms with E-state index in [9.17, 15) is 19.1 Å². The molecule has 2 amide bonds. The number of benzene rings is 2. The van der Waals surface area contributed by atoms with E-state index in [1.54, 1.807) is 29.2 Å². The molecule has 142 valence electrons. The van der Waals surface area contributed by atoms with E-state index < -0.39 is 0 Å². The van der Waals surface area contributed by atoms with Crippen LogP contribution in [-0.2, 0) is 22.4 Å². The van der Waals surface area contributed by atoms with Gasteiger partial charge in [0, 0.05) is 18.8 Å². The van der Waals surface area contributed by atoms with E-state index in [-0.39, 0.29) is 30.2 Å². The molecule has 0 aromatic heterocycles. The second-order valence-corrected chi connectivity index (χ2v) is 6.84. The normalized spacial score (nSPS) is 14.8. The Morgan fingerprint density at radius 1 is 0.963 bits per heavy atom. The van der Waals surface area contributed by atoms with Gasteiger partial charge < -0.3 is 15.3 Å². The molecule has 1 saturated heterocycles. The van der Waals surface area contributed by atoms with Crippen molar-refractivity contribution in [2.45, 2.75) is 31.8 Å². The minimum atomic E-state index is -0.329. The third-order valence-electron chi connectivity index (χ3n) is 4.69. The number of aliphatic hydroxyl groups is 1. The number of likely N-dealkylation sites (tertiary alicyclic amines) is 1. The van der Waals surface area contributed by atoms with Crippen LogP contribution in [0, 0.1) is 5.82 Å². The van der Waals surface area contributed by atoms with Crippen molar-refractivity contribution in [2.24, 2.45) is 0 Å². The van der Waals surface area contributed by atoms with E-state index in [2.05, 4.69) is 5.32 Å². The molecule has 1 aliphatic rings. The molecule has 3 rings (SSSR count). The van der Waals surface area contributed by atoms with Gasteiger partial charge in [-0.25, -0.2) is 4.39 Å². The molecule has 1 aliphatic heterocycles. The first-order valence-electron chi connectivity index (χ1n) is 9.08. The number of nitrogens with one attached hydrogen (secondary N) is 1. The molecule has 0 bridgehead atoms. The Bertz CT molecular complexity index is 782. The van der Waals surface area contributed by atoms with Crippen LogP contribution in [0.1, 0.15) is 24.0 Å². The minimum Gasteiger partial charge on any atom is -0.393 e. The Kier molecular flexibility index (Phi) is 6.19. The van der Waals surface area contributed by atoms with Gasteiger partial charge in [-0.3, -0.25) is 9.59 Å². The van der Waals surface area contributed by atoms with Crippen LogP contribution in [0.25, 0.3) is 0 Å². The number of piperidine rings is 1. The smallest absolute Gasteiger partial charge is 0.228 e. The highest BCUT2D eigenvalue weighted by atomic mass is 19.1. The molecule has 0 atom stereocenters. The molecule has 27 heavy (non-hydrogen) atoms. The van der Waals surface area contributed by atoms with E-state index in [0.717, 1.165) is 11.1 Å². The fourth-order valence-electron chi connectivity index (χ4n) is 3.10. The summed E-state index contributed by atoms with van der Waals surface area (Å²) in [6.07, 6.45) is 1.43. The maximum atomic E-state index is 12.9. The molecular weight excluding hydrogens is 347 g/mol. The quantitative estimate of drug-likeness (QED) is 0.850. The zero-order chi connectivity index (χ0) is 19.2. The second kappa shape index (κ2) is 8.77. The van der Waals surface area contributed by atoms with Gasteiger partial charge in [-0.2, -0.15) is 0 Å². The van der Waals surface area contributed by atoms with Crippen molar-refractivity contribution < 1.29 is 19.1 Å². The number of hydrogen-bond donors (Lipinski definition) is 2. The zero-order valence-electron chi connectivity index (χ0n) is 15.0. The Hall–Kier alpha value is -2.73. The number of halogens is 1. The average molecular weight is 370 g/mol. The summed E-state index contributed by atoms with van der Waals surface area (Å²) in [6, 6.07) is 13.0. The summed E-state index contributed by atoms with van der Waals surface area (Å²) in [7, 11) is 0. The van der Waals surface area contributed by atoms with Crippen molar-refractivity contribution in [3.8, 4) is 0 Å². The van der Waals surface area contributed by atoms with Gasteiger partial charge in [0.1, 0.15) is 5.82 Å². The number of amides is 2. The summed E-state index contributed by atoms with van der Waals surface area (Å²) in [6.45, 7) is 1.19. The number of aliphatic hydroxyl groups excluding tert-OH is 1. The van der Waals surface area contributed by atoms with E-state index in [1.807, 2.05) is 12.1 Å². The highest BCUT2D eigenvalue weighted by Gasteiger charge is 2.21. The molecule has 2 aromatic carbocycles. The lowest BCUT2D eigenvalue weighted by atomic mass is 10.1. The van der Waals surface area contributed by atoms with Crippen LogP contribution < -0.4 is 5.32 Å². The van der Waals surface area contributed by atoms with Crippen LogP contribution in [0.4, 0.5) is 10.1 Å². The Balaban J connectivity index is 1.50. The number of carbonyl (C=O) groups excluding carboxylic acids is 2. The second-order valence-electron chi connectivity index (χ2n) is 6.84. The lowest BCUT2D eigenvalue weighted by Gasteiger charge is -2.29. The Morgan fingerprint density at radius 3 is 2.15 bits per heavy atom. The van der Waals surface area contributed by atoms with Gasteiger partial charge in [0.15, 0.2) is 0 Å². The number of carbonyl (C=O) groups is 2. The molecule has 0 unspecified atom stereocenters. The SMILES string of the molecule is O=C(Cc1ccc(F)cc1)Nc1ccc(CC(=O)N2CCC(O)CC2)cc1. The highest BCUT2D eigenvalue weighted by molar-refractivity contribution is 5.92. The molecule has 0 aliphatic carbocycles. The lowest BCUT2D eigenvalue weighted by molar-refractivity contribution is -0.132. The Labute approximate surface area is 157 Å². The van der Waals surface area contributed by atoms with Crippen molar-refractivity contribution in [2.75, 3.05) is 18.4 Å². The van der Waals surface area contributed by atoms with Gasteiger partial charge in [-0.1, -0.05) is 24.3 Å². The van der Waals surface area contributed by atoms with Crippen molar-refractivity contribution in [1.29, 1.82) is 0 Å². The summed E-state index contributed by atoms with van der Waals surface area (Å²) < 4.78 is 12.9. The Morgan fingerprint density at radius 2 is 1.52 bits per heavy atom. The van der Waals surface area contributed by atoms with Crippen LogP contribution in [-0.4, -0.2) is 41.0 Å². The lowest BCUT2D eigenvalue weighted by Crippen LogP contribution is -2.40. The van der Waals surface area contributed by atoms with E-state index in [4.69, 9.17) is 0 Å².